The van der Waals surface area contributed by atoms with Gasteiger partial charge in [0.2, 0.25) is 15.7 Å². The normalized spacial score (nSPS) is 23.2. The Morgan fingerprint density at radius 3 is 2.60 bits per heavy atom. The summed E-state index contributed by atoms with van der Waals surface area (Å²) < 4.78 is 46.6. The number of β-amino-alcohol motifs (C(OH)–C–C–N with tert-alkyl or cyclic N) is 1. The predicted molar refractivity (Wildman–Crippen MR) is 109 cm³/mol. The number of hydrogen-bond donors (Lipinski definition) is 2. The van der Waals surface area contributed by atoms with Gasteiger partial charge in [-0.2, -0.15) is 4.31 Å². The summed E-state index contributed by atoms with van der Waals surface area (Å²) in [6, 6.07) is 7.38. The van der Waals surface area contributed by atoms with Crippen molar-refractivity contribution in [1.29, 1.82) is 0 Å². The lowest BCUT2D eigenvalue weighted by molar-refractivity contribution is -0.104. The molecule has 0 aliphatic carbocycles. The van der Waals surface area contributed by atoms with E-state index in [1.165, 1.54) is 37.3 Å². The zero-order chi connectivity index (χ0) is 22.3. The minimum absolute atomic E-state index is 0.0206. The zero-order valence-electron chi connectivity index (χ0n) is 15.6. The summed E-state index contributed by atoms with van der Waals surface area (Å²) in [6.45, 7) is 7.38. The first kappa shape index (κ1) is 22.7. The molecule has 0 unspecified atom stereocenters. The van der Waals surface area contributed by atoms with Crippen LogP contribution in [0.2, 0.25) is 10.0 Å². The Kier molecular flexibility index (Phi) is 6.30. The molecule has 0 bridgehead atoms. The molecule has 1 fully saturated rings. The molecule has 2 aromatic rings. The van der Waals surface area contributed by atoms with Crippen LogP contribution in [0.25, 0.3) is 4.85 Å². The maximum atomic E-state index is 13.9. The third-order valence-electron chi connectivity index (χ3n) is 4.91. The van der Waals surface area contributed by atoms with Gasteiger partial charge in [-0.3, -0.25) is 0 Å². The minimum Gasteiger partial charge on any atom is -0.486 e. The highest BCUT2D eigenvalue weighted by Gasteiger charge is 2.54. The predicted octanol–water partition coefficient (Wildman–Crippen LogP) is 3.25. The lowest BCUT2D eigenvalue weighted by Gasteiger charge is -2.31. The summed E-state index contributed by atoms with van der Waals surface area (Å²) in [5, 5.41) is 21.3. The van der Waals surface area contributed by atoms with Crippen LogP contribution in [0.5, 0.6) is 5.75 Å². The lowest BCUT2D eigenvalue weighted by Crippen LogP contribution is -2.53. The van der Waals surface area contributed by atoms with Crippen molar-refractivity contribution in [2.75, 3.05) is 13.1 Å². The molecule has 11 heteroatoms. The van der Waals surface area contributed by atoms with Crippen LogP contribution in [0.1, 0.15) is 6.92 Å². The molecule has 0 spiro atoms. The van der Waals surface area contributed by atoms with Gasteiger partial charge in [-0.25, -0.2) is 17.7 Å². The van der Waals surface area contributed by atoms with E-state index in [4.69, 9.17) is 34.5 Å². The highest BCUT2D eigenvalue weighted by atomic mass is 35.5. The number of ether oxygens (including phenoxy) is 1. The number of aliphatic hydroxyl groups is 2. The molecule has 3 atom stereocenters. The van der Waals surface area contributed by atoms with Crippen LogP contribution in [0.4, 0.5) is 10.1 Å². The monoisotopic (exact) mass is 474 g/mol. The molecule has 0 saturated carbocycles. The van der Waals surface area contributed by atoms with Crippen molar-refractivity contribution >= 4 is 38.9 Å². The molecule has 1 aliphatic rings. The van der Waals surface area contributed by atoms with Gasteiger partial charge in [0.25, 0.3) is 0 Å². The van der Waals surface area contributed by atoms with Gasteiger partial charge in [0.15, 0.2) is 0 Å². The summed E-state index contributed by atoms with van der Waals surface area (Å²) in [5.74, 6) is -0.841. The first-order valence-corrected chi connectivity index (χ1v) is 10.9. The van der Waals surface area contributed by atoms with E-state index in [1.807, 2.05) is 0 Å². The Morgan fingerprint density at radius 2 is 2.03 bits per heavy atom. The standard InChI is InChI=1S/C19H17Cl2FN2O5S/c1-11(25)19(26)10-24(30(27,28)17-6-3-12(20)7-14(17)21)9-18(19)29-13-4-5-16(23-2)15(22)8-13/h3-8,11,18,25-26H,9-10H2,1H3/t11-,18-,19+/m0/s1. The van der Waals surface area contributed by atoms with E-state index in [1.54, 1.807) is 0 Å². The Labute approximate surface area is 183 Å². The van der Waals surface area contributed by atoms with Gasteiger partial charge in [-0.05, 0) is 37.3 Å². The summed E-state index contributed by atoms with van der Waals surface area (Å²) in [7, 11) is -4.16. The fourth-order valence-corrected chi connectivity index (χ4v) is 5.39. The average Bonchev–Trinajstić information content (AvgIpc) is 3.00. The van der Waals surface area contributed by atoms with E-state index in [2.05, 4.69) is 4.85 Å². The van der Waals surface area contributed by atoms with Crippen LogP contribution in [0.15, 0.2) is 41.3 Å². The number of aliphatic hydroxyl groups excluding tert-OH is 1. The van der Waals surface area contributed by atoms with Gasteiger partial charge in [-0.1, -0.05) is 23.2 Å². The molecule has 2 N–H and O–H groups in total. The largest absolute Gasteiger partial charge is 0.486 e. The van der Waals surface area contributed by atoms with Gasteiger partial charge in [0.05, 0.1) is 24.2 Å². The second-order valence-corrected chi connectivity index (χ2v) is 9.62. The Balaban J connectivity index is 1.93. The quantitative estimate of drug-likeness (QED) is 0.648. The van der Waals surface area contributed by atoms with Gasteiger partial charge in [0.1, 0.15) is 28.2 Å². The SMILES string of the molecule is [C-]#[N+]c1ccc(O[C@H]2CN(S(=O)(=O)c3ccc(Cl)cc3Cl)C[C@@]2(O)[C@H](C)O)cc1F. The van der Waals surface area contributed by atoms with Crippen LogP contribution in [0.3, 0.4) is 0 Å². The summed E-state index contributed by atoms with van der Waals surface area (Å²) in [5.41, 5.74) is -2.18. The van der Waals surface area contributed by atoms with Gasteiger partial charge >= 0.3 is 0 Å². The van der Waals surface area contributed by atoms with Crippen molar-refractivity contribution in [1.82, 2.24) is 4.31 Å². The molecule has 7 nitrogen and oxygen atoms in total. The van der Waals surface area contributed by atoms with Gasteiger partial charge in [-0.15, -0.1) is 0 Å². The Bertz CT molecular complexity index is 1120. The number of halogens is 3. The Morgan fingerprint density at radius 1 is 1.33 bits per heavy atom. The molecule has 2 aromatic carbocycles. The maximum absolute atomic E-state index is 13.9. The summed E-state index contributed by atoms with van der Waals surface area (Å²) >= 11 is 11.9. The second kappa shape index (κ2) is 8.30. The van der Waals surface area contributed by atoms with Crippen LogP contribution >= 0.6 is 23.2 Å². The van der Waals surface area contributed by atoms with Crippen LogP contribution in [-0.2, 0) is 10.0 Å². The fourth-order valence-electron chi connectivity index (χ4n) is 3.15. The third-order valence-corrected chi connectivity index (χ3v) is 7.44. The number of benzene rings is 2. The topological polar surface area (TPSA) is 91.4 Å². The first-order chi connectivity index (χ1) is 14.0. The summed E-state index contributed by atoms with van der Waals surface area (Å²) in [4.78, 5) is 2.80. The van der Waals surface area contributed by atoms with Crippen LogP contribution in [-0.4, -0.2) is 53.8 Å². The van der Waals surface area contributed by atoms with E-state index < -0.39 is 40.2 Å². The molecule has 1 aliphatic heterocycles. The third kappa shape index (κ3) is 4.12. The van der Waals surface area contributed by atoms with Crippen LogP contribution in [0, 0.1) is 12.4 Å². The highest BCUT2D eigenvalue weighted by Crippen LogP contribution is 2.36. The number of rotatable bonds is 5. The molecule has 3 rings (SSSR count). The van der Waals surface area contributed by atoms with Gasteiger partial charge in [0, 0.05) is 17.6 Å². The van der Waals surface area contributed by atoms with Crippen molar-refractivity contribution < 1.29 is 27.8 Å². The molecular formula is C19H17Cl2FN2O5S. The second-order valence-electron chi connectivity index (χ2n) is 6.87. The van der Waals surface area contributed by atoms with Crippen molar-refractivity contribution in [2.24, 2.45) is 0 Å². The van der Waals surface area contributed by atoms with Crippen molar-refractivity contribution in [3.63, 3.8) is 0 Å². The van der Waals surface area contributed by atoms with E-state index in [0.717, 1.165) is 10.4 Å². The molecule has 0 radical (unpaired) electrons. The molecule has 1 heterocycles. The molecule has 30 heavy (non-hydrogen) atoms. The summed E-state index contributed by atoms with van der Waals surface area (Å²) in [6.07, 6.45) is -2.58. The maximum Gasteiger partial charge on any atom is 0.244 e. The number of sulfonamides is 1. The van der Waals surface area contributed by atoms with Crippen molar-refractivity contribution in [2.45, 2.75) is 29.6 Å². The fraction of sp³-hybridized carbons (Fsp3) is 0.316. The van der Waals surface area contributed by atoms with E-state index in [9.17, 15) is 23.0 Å². The smallest absolute Gasteiger partial charge is 0.244 e. The molecule has 160 valence electrons. The van der Waals surface area contributed by atoms with E-state index in [-0.39, 0.29) is 32.9 Å². The van der Waals surface area contributed by atoms with Gasteiger partial charge < -0.3 is 14.9 Å². The molecule has 0 amide bonds. The first-order valence-electron chi connectivity index (χ1n) is 8.68. The van der Waals surface area contributed by atoms with Crippen molar-refractivity contribution in [3.05, 3.63) is 63.7 Å². The molecule has 0 aromatic heterocycles. The number of hydrogen-bond acceptors (Lipinski definition) is 5. The lowest BCUT2D eigenvalue weighted by atomic mass is 9.94. The molecule has 1 saturated heterocycles. The van der Waals surface area contributed by atoms with Crippen LogP contribution < -0.4 is 4.74 Å². The Hall–Kier alpha value is -1.93. The number of nitrogens with zero attached hydrogens (tertiary/aromatic N) is 2. The average molecular weight is 475 g/mol. The van der Waals surface area contributed by atoms with Crippen molar-refractivity contribution in [3.8, 4) is 5.75 Å². The minimum atomic E-state index is -4.16. The van der Waals surface area contributed by atoms with E-state index >= 15 is 0 Å². The zero-order valence-corrected chi connectivity index (χ0v) is 17.9. The molecular weight excluding hydrogens is 458 g/mol. The highest BCUT2D eigenvalue weighted by molar-refractivity contribution is 7.89. The van der Waals surface area contributed by atoms with E-state index in [0.29, 0.717) is 0 Å².